The number of aromatic nitrogens is 2. The number of aryl methyl sites for hydroxylation is 1. The summed E-state index contributed by atoms with van der Waals surface area (Å²) in [4.78, 5) is 47.0. The second kappa shape index (κ2) is 7.77. The van der Waals surface area contributed by atoms with Crippen molar-refractivity contribution in [3.8, 4) is 0 Å². The first kappa shape index (κ1) is 17.6. The van der Waals surface area contributed by atoms with E-state index in [1.165, 1.54) is 6.07 Å². The minimum absolute atomic E-state index is 0.0424. The molecule has 2 aliphatic heterocycles. The molecule has 0 spiro atoms. The van der Waals surface area contributed by atoms with Crippen molar-refractivity contribution < 1.29 is 14.3 Å². The molecule has 1 unspecified atom stereocenters. The molecule has 2 amide bonds. The summed E-state index contributed by atoms with van der Waals surface area (Å²) in [6, 6.07) is 1.01. The van der Waals surface area contributed by atoms with E-state index in [0.29, 0.717) is 44.2 Å². The molecule has 8 nitrogen and oxygen atoms in total. The van der Waals surface area contributed by atoms with Gasteiger partial charge in [0.05, 0.1) is 31.5 Å². The summed E-state index contributed by atoms with van der Waals surface area (Å²) in [6.07, 6.45) is 3.35. The summed E-state index contributed by atoms with van der Waals surface area (Å²) in [5.74, 6) is 0.423. The number of ether oxygens (including phenoxy) is 1. The van der Waals surface area contributed by atoms with Gasteiger partial charge in [-0.05, 0) is 19.8 Å². The fourth-order valence-electron chi connectivity index (χ4n) is 3.38. The normalized spacial score (nSPS) is 22.0. The van der Waals surface area contributed by atoms with Gasteiger partial charge in [0.15, 0.2) is 0 Å². The third-order valence-corrected chi connectivity index (χ3v) is 4.67. The van der Waals surface area contributed by atoms with Crippen LogP contribution in [0.5, 0.6) is 0 Å². The summed E-state index contributed by atoms with van der Waals surface area (Å²) in [6.45, 7) is 3.59. The zero-order chi connectivity index (χ0) is 17.8. The third kappa shape index (κ3) is 4.25. The summed E-state index contributed by atoms with van der Waals surface area (Å²) < 4.78 is 5.50. The van der Waals surface area contributed by atoms with Crippen LogP contribution < -0.4 is 5.56 Å². The van der Waals surface area contributed by atoms with Crippen LogP contribution in [0.25, 0.3) is 0 Å². The van der Waals surface area contributed by atoms with Crippen molar-refractivity contribution in [2.45, 2.75) is 38.6 Å². The molecule has 3 heterocycles. The molecule has 1 N–H and O–H groups in total. The summed E-state index contributed by atoms with van der Waals surface area (Å²) >= 11 is 0. The SMILES string of the molecule is Cc1nc(C2COCCN2C(=O)CN2CCCCCC2=O)cc(=O)[nH]1. The van der Waals surface area contributed by atoms with E-state index in [2.05, 4.69) is 9.97 Å². The first-order chi connectivity index (χ1) is 12.0. The quantitative estimate of drug-likeness (QED) is 0.852. The maximum Gasteiger partial charge on any atom is 0.251 e. The van der Waals surface area contributed by atoms with Gasteiger partial charge >= 0.3 is 0 Å². The lowest BCUT2D eigenvalue weighted by Crippen LogP contribution is -2.49. The predicted octanol–water partition coefficient (Wildman–Crippen LogP) is 0.381. The zero-order valence-corrected chi connectivity index (χ0v) is 14.5. The maximum absolute atomic E-state index is 12.8. The summed E-state index contributed by atoms with van der Waals surface area (Å²) in [5, 5.41) is 0. The molecule has 2 aliphatic rings. The Kier molecular flexibility index (Phi) is 5.47. The molecule has 136 valence electrons. The molecule has 8 heteroatoms. The van der Waals surface area contributed by atoms with Crippen LogP contribution in [0.4, 0.5) is 0 Å². The van der Waals surface area contributed by atoms with Crippen LogP contribution in [0.2, 0.25) is 0 Å². The van der Waals surface area contributed by atoms with Gasteiger partial charge < -0.3 is 19.5 Å². The Bertz CT molecular complexity index is 702. The lowest BCUT2D eigenvalue weighted by atomic mass is 10.1. The molecule has 2 saturated heterocycles. The van der Waals surface area contributed by atoms with Gasteiger partial charge in [-0.3, -0.25) is 14.4 Å². The Morgan fingerprint density at radius 2 is 2.16 bits per heavy atom. The largest absolute Gasteiger partial charge is 0.377 e. The van der Waals surface area contributed by atoms with Crippen molar-refractivity contribution in [2.24, 2.45) is 0 Å². The molecule has 0 radical (unpaired) electrons. The summed E-state index contributed by atoms with van der Waals surface area (Å²) in [5.41, 5.74) is 0.277. The Morgan fingerprint density at radius 1 is 1.32 bits per heavy atom. The van der Waals surface area contributed by atoms with Crippen molar-refractivity contribution in [3.63, 3.8) is 0 Å². The van der Waals surface area contributed by atoms with Crippen LogP contribution in [0.3, 0.4) is 0 Å². The van der Waals surface area contributed by atoms with Crippen LogP contribution in [-0.4, -0.2) is 64.4 Å². The highest BCUT2D eigenvalue weighted by atomic mass is 16.5. The highest BCUT2D eigenvalue weighted by molar-refractivity contribution is 5.85. The predicted molar refractivity (Wildman–Crippen MR) is 89.9 cm³/mol. The van der Waals surface area contributed by atoms with E-state index in [4.69, 9.17) is 4.74 Å². The fraction of sp³-hybridized carbons (Fsp3) is 0.647. The van der Waals surface area contributed by atoms with Gasteiger partial charge in [-0.1, -0.05) is 6.42 Å². The van der Waals surface area contributed by atoms with E-state index in [0.717, 1.165) is 19.3 Å². The lowest BCUT2D eigenvalue weighted by molar-refractivity contribution is -0.146. The van der Waals surface area contributed by atoms with E-state index in [-0.39, 0.29) is 23.9 Å². The number of aromatic amines is 1. The van der Waals surface area contributed by atoms with Crippen molar-refractivity contribution >= 4 is 11.8 Å². The topological polar surface area (TPSA) is 95.6 Å². The minimum Gasteiger partial charge on any atom is -0.377 e. The average molecular weight is 348 g/mol. The molecule has 0 aliphatic carbocycles. The number of hydrogen-bond acceptors (Lipinski definition) is 5. The van der Waals surface area contributed by atoms with Crippen molar-refractivity contribution in [2.75, 3.05) is 32.8 Å². The number of rotatable bonds is 3. The van der Waals surface area contributed by atoms with E-state index < -0.39 is 6.04 Å². The van der Waals surface area contributed by atoms with Gasteiger partial charge in [0, 0.05) is 25.6 Å². The molecular formula is C17H24N4O4. The van der Waals surface area contributed by atoms with Crippen molar-refractivity contribution in [1.82, 2.24) is 19.8 Å². The number of carbonyl (C=O) groups excluding carboxylic acids is 2. The number of likely N-dealkylation sites (tertiary alicyclic amines) is 1. The van der Waals surface area contributed by atoms with Crippen molar-refractivity contribution in [1.29, 1.82) is 0 Å². The molecule has 0 aromatic carbocycles. The molecular weight excluding hydrogens is 324 g/mol. The van der Waals surface area contributed by atoms with Gasteiger partial charge in [-0.25, -0.2) is 4.98 Å². The lowest BCUT2D eigenvalue weighted by Gasteiger charge is -2.36. The first-order valence-corrected chi connectivity index (χ1v) is 8.77. The minimum atomic E-state index is -0.399. The molecule has 25 heavy (non-hydrogen) atoms. The van der Waals surface area contributed by atoms with Gasteiger partial charge in [0.25, 0.3) is 5.56 Å². The van der Waals surface area contributed by atoms with E-state index in [1.807, 2.05) is 0 Å². The highest BCUT2D eigenvalue weighted by Gasteiger charge is 2.31. The van der Waals surface area contributed by atoms with E-state index in [9.17, 15) is 14.4 Å². The molecule has 1 aromatic rings. The van der Waals surface area contributed by atoms with E-state index in [1.54, 1.807) is 16.7 Å². The number of nitrogens with zero attached hydrogens (tertiary/aromatic N) is 3. The van der Waals surface area contributed by atoms with Crippen LogP contribution >= 0.6 is 0 Å². The standard InChI is InChI=1S/C17H24N4O4/c1-12-18-13(9-15(22)19-12)14-11-25-8-7-21(14)17(24)10-20-6-4-2-3-5-16(20)23/h9,14H,2-8,10-11H2,1H3,(H,18,19,22). The Morgan fingerprint density at radius 3 is 2.96 bits per heavy atom. The molecule has 0 bridgehead atoms. The second-order valence-electron chi connectivity index (χ2n) is 6.56. The monoisotopic (exact) mass is 348 g/mol. The molecule has 1 aromatic heterocycles. The number of carbonyl (C=O) groups is 2. The molecule has 1 atom stereocenters. The Balaban J connectivity index is 1.76. The fourth-order valence-corrected chi connectivity index (χ4v) is 3.38. The smallest absolute Gasteiger partial charge is 0.251 e. The highest BCUT2D eigenvalue weighted by Crippen LogP contribution is 2.22. The number of nitrogens with one attached hydrogen (secondary N) is 1. The van der Waals surface area contributed by atoms with Crippen LogP contribution in [-0.2, 0) is 14.3 Å². The van der Waals surface area contributed by atoms with Crippen LogP contribution in [0.1, 0.15) is 43.2 Å². The number of H-pyrrole nitrogens is 1. The number of morpholine rings is 1. The number of amides is 2. The molecule has 0 saturated carbocycles. The second-order valence-corrected chi connectivity index (χ2v) is 6.56. The first-order valence-electron chi connectivity index (χ1n) is 8.77. The Labute approximate surface area is 146 Å². The summed E-state index contributed by atoms with van der Waals surface area (Å²) in [7, 11) is 0. The average Bonchev–Trinajstić information content (AvgIpc) is 2.78. The van der Waals surface area contributed by atoms with Crippen LogP contribution in [0, 0.1) is 6.92 Å². The zero-order valence-electron chi connectivity index (χ0n) is 14.5. The van der Waals surface area contributed by atoms with Gasteiger partial charge in [-0.2, -0.15) is 0 Å². The molecule has 3 rings (SSSR count). The number of hydrogen-bond donors (Lipinski definition) is 1. The van der Waals surface area contributed by atoms with E-state index >= 15 is 0 Å². The Hall–Kier alpha value is -2.22. The van der Waals surface area contributed by atoms with Crippen molar-refractivity contribution in [3.05, 3.63) is 27.9 Å². The maximum atomic E-state index is 12.8. The van der Waals surface area contributed by atoms with Crippen LogP contribution in [0.15, 0.2) is 10.9 Å². The van der Waals surface area contributed by atoms with Gasteiger partial charge in [-0.15, -0.1) is 0 Å². The van der Waals surface area contributed by atoms with Gasteiger partial charge in [0.2, 0.25) is 11.8 Å². The third-order valence-electron chi connectivity index (χ3n) is 4.67. The molecule has 2 fully saturated rings. The van der Waals surface area contributed by atoms with Gasteiger partial charge in [0.1, 0.15) is 5.82 Å².